The highest BCUT2D eigenvalue weighted by atomic mass is 32.2. The molecule has 148 valence electrons. The average Bonchev–Trinajstić information content (AvgIpc) is 2.68. The lowest BCUT2D eigenvalue weighted by atomic mass is 10.2. The molecule has 0 saturated carbocycles. The number of nitro benzene ring substituents is 1. The van der Waals surface area contributed by atoms with Crippen LogP contribution < -0.4 is 4.72 Å². The Hall–Kier alpha value is -3.59. The summed E-state index contributed by atoms with van der Waals surface area (Å²) in [6.07, 6.45) is 0. The monoisotopic (exact) mass is 410 g/mol. The largest absolute Gasteiger partial charge is 0.289 e. The van der Waals surface area contributed by atoms with Crippen molar-refractivity contribution in [2.45, 2.75) is 18.7 Å². The van der Waals surface area contributed by atoms with E-state index in [1.165, 1.54) is 18.2 Å². The number of azo groups is 1. The van der Waals surface area contributed by atoms with E-state index in [0.29, 0.717) is 11.4 Å². The van der Waals surface area contributed by atoms with Crippen LogP contribution in [0.25, 0.3) is 0 Å². The highest BCUT2D eigenvalue weighted by Gasteiger charge is 2.26. The van der Waals surface area contributed by atoms with Crippen LogP contribution in [-0.2, 0) is 10.0 Å². The van der Waals surface area contributed by atoms with Crippen molar-refractivity contribution in [2.24, 2.45) is 10.2 Å². The fraction of sp³-hybridized carbons (Fsp3) is 0.100. The molecule has 3 rings (SSSR count). The number of nitrogens with one attached hydrogen (secondary N) is 1. The van der Waals surface area contributed by atoms with Gasteiger partial charge in [-0.15, -0.1) is 5.11 Å². The van der Waals surface area contributed by atoms with Crippen LogP contribution in [0.15, 0.2) is 81.9 Å². The van der Waals surface area contributed by atoms with Crippen LogP contribution in [0.5, 0.6) is 0 Å². The molecule has 0 bridgehead atoms. The first-order valence-electron chi connectivity index (χ1n) is 8.61. The molecule has 0 heterocycles. The fourth-order valence-electron chi connectivity index (χ4n) is 2.58. The maximum Gasteiger partial charge on any atom is 0.289 e. The first-order valence-corrected chi connectivity index (χ1v) is 10.1. The lowest BCUT2D eigenvalue weighted by Gasteiger charge is -2.11. The molecule has 0 aliphatic rings. The van der Waals surface area contributed by atoms with Crippen molar-refractivity contribution in [3.63, 3.8) is 0 Å². The number of benzene rings is 3. The van der Waals surface area contributed by atoms with Gasteiger partial charge in [-0.1, -0.05) is 35.9 Å². The number of hydrogen-bond donors (Lipinski definition) is 1. The normalized spacial score (nSPS) is 11.5. The Labute approximate surface area is 168 Å². The molecule has 9 heteroatoms. The minimum atomic E-state index is -4.21. The Bertz CT molecular complexity index is 1190. The predicted octanol–water partition coefficient (Wildman–Crippen LogP) is 5.43. The van der Waals surface area contributed by atoms with Gasteiger partial charge in [0.05, 0.1) is 16.3 Å². The lowest BCUT2D eigenvalue weighted by Crippen LogP contribution is -2.14. The molecule has 0 aliphatic heterocycles. The third-order valence-corrected chi connectivity index (χ3v) is 5.47. The second-order valence-corrected chi connectivity index (χ2v) is 8.04. The van der Waals surface area contributed by atoms with Crippen molar-refractivity contribution < 1.29 is 13.3 Å². The molecule has 0 saturated heterocycles. The molecule has 0 aromatic heterocycles. The molecular weight excluding hydrogens is 392 g/mol. The van der Waals surface area contributed by atoms with Gasteiger partial charge in [-0.3, -0.25) is 14.8 Å². The molecule has 0 spiro atoms. The quantitative estimate of drug-likeness (QED) is 0.331. The van der Waals surface area contributed by atoms with Gasteiger partial charge < -0.3 is 0 Å². The Morgan fingerprint density at radius 2 is 1.55 bits per heavy atom. The van der Waals surface area contributed by atoms with Gasteiger partial charge in [0.25, 0.3) is 15.7 Å². The summed E-state index contributed by atoms with van der Waals surface area (Å²) in [7, 11) is -4.21. The molecule has 1 N–H and O–H groups in total. The van der Waals surface area contributed by atoms with E-state index in [1.807, 2.05) is 19.1 Å². The predicted molar refractivity (Wildman–Crippen MR) is 110 cm³/mol. The number of anilines is 1. The molecule has 0 radical (unpaired) electrons. The van der Waals surface area contributed by atoms with Crippen molar-refractivity contribution in [3.8, 4) is 0 Å². The summed E-state index contributed by atoms with van der Waals surface area (Å²) in [5, 5.41) is 19.5. The van der Waals surface area contributed by atoms with Crippen LogP contribution in [0.1, 0.15) is 11.1 Å². The number of sulfonamides is 1. The van der Waals surface area contributed by atoms with E-state index in [0.717, 1.165) is 17.2 Å². The molecule has 3 aromatic rings. The summed E-state index contributed by atoms with van der Waals surface area (Å²) in [5.74, 6) is 0. The average molecular weight is 410 g/mol. The summed E-state index contributed by atoms with van der Waals surface area (Å²) >= 11 is 0. The summed E-state index contributed by atoms with van der Waals surface area (Å²) in [6.45, 7) is 3.75. The first kappa shape index (κ1) is 20.2. The number of para-hydroxylation sites is 1. The highest BCUT2D eigenvalue weighted by Crippen LogP contribution is 2.32. The molecule has 0 fully saturated rings. The number of nitro groups is 1. The van der Waals surface area contributed by atoms with Crippen molar-refractivity contribution in [1.29, 1.82) is 0 Å². The smallest absolute Gasteiger partial charge is 0.277 e. The van der Waals surface area contributed by atoms with Gasteiger partial charge in [-0.2, -0.15) is 5.11 Å². The molecule has 0 atom stereocenters. The minimum absolute atomic E-state index is 0.180. The van der Waals surface area contributed by atoms with Gasteiger partial charge in [-0.05, 0) is 49.7 Å². The van der Waals surface area contributed by atoms with Gasteiger partial charge in [0.15, 0.2) is 4.90 Å². The van der Waals surface area contributed by atoms with Crippen LogP contribution in [-0.4, -0.2) is 13.3 Å². The van der Waals surface area contributed by atoms with E-state index < -0.39 is 25.5 Å². The van der Waals surface area contributed by atoms with Gasteiger partial charge in [-0.25, -0.2) is 8.42 Å². The summed E-state index contributed by atoms with van der Waals surface area (Å²) in [4.78, 5) is 10.0. The number of rotatable bonds is 6. The number of aryl methyl sites for hydroxylation is 2. The molecule has 8 nitrogen and oxygen atoms in total. The maximum atomic E-state index is 12.8. The second-order valence-electron chi connectivity index (χ2n) is 6.39. The molecule has 0 aliphatic carbocycles. The third-order valence-electron chi connectivity index (χ3n) is 4.06. The SMILES string of the molecule is Cc1ccc(N=Nc2ccc(C)cc2NS(=O)(=O)c2ccccc2[N+](=O)[O-])cc1. The van der Waals surface area contributed by atoms with Crippen molar-refractivity contribution in [3.05, 3.63) is 88.0 Å². The summed E-state index contributed by atoms with van der Waals surface area (Å²) in [5.41, 5.74) is 2.45. The summed E-state index contributed by atoms with van der Waals surface area (Å²) < 4.78 is 28.0. The third kappa shape index (κ3) is 4.82. The van der Waals surface area contributed by atoms with E-state index >= 15 is 0 Å². The Balaban J connectivity index is 1.98. The fourth-order valence-corrected chi connectivity index (χ4v) is 3.82. The Morgan fingerprint density at radius 1 is 0.897 bits per heavy atom. The van der Waals surface area contributed by atoms with Crippen LogP contribution in [0.4, 0.5) is 22.7 Å². The number of hydrogen-bond acceptors (Lipinski definition) is 6. The number of nitrogens with zero attached hydrogens (tertiary/aromatic N) is 3. The lowest BCUT2D eigenvalue weighted by molar-refractivity contribution is -0.387. The van der Waals surface area contributed by atoms with Crippen molar-refractivity contribution >= 4 is 32.8 Å². The highest BCUT2D eigenvalue weighted by molar-refractivity contribution is 7.92. The Kier molecular flexibility index (Phi) is 5.69. The van der Waals surface area contributed by atoms with E-state index in [-0.39, 0.29) is 5.69 Å². The van der Waals surface area contributed by atoms with Gasteiger partial charge in [0, 0.05) is 6.07 Å². The van der Waals surface area contributed by atoms with E-state index in [1.54, 1.807) is 37.3 Å². The first-order chi connectivity index (χ1) is 13.8. The van der Waals surface area contributed by atoms with Gasteiger partial charge in [0.1, 0.15) is 5.69 Å². The molecule has 0 unspecified atom stereocenters. The van der Waals surface area contributed by atoms with Crippen LogP contribution in [0.2, 0.25) is 0 Å². The Morgan fingerprint density at radius 3 is 2.24 bits per heavy atom. The summed E-state index contributed by atoms with van der Waals surface area (Å²) in [6, 6.07) is 17.5. The zero-order valence-corrected chi connectivity index (χ0v) is 16.6. The van der Waals surface area contributed by atoms with Crippen LogP contribution >= 0.6 is 0 Å². The molecule has 3 aromatic carbocycles. The van der Waals surface area contributed by atoms with Crippen molar-refractivity contribution in [2.75, 3.05) is 4.72 Å². The van der Waals surface area contributed by atoms with Gasteiger partial charge >= 0.3 is 0 Å². The maximum absolute atomic E-state index is 12.8. The molecular formula is C20H18N4O4S. The van der Waals surface area contributed by atoms with Crippen LogP contribution in [0, 0.1) is 24.0 Å². The standard InChI is InChI=1S/C20H18N4O4S/c1-14-7-10-16(11-8-14)21-22-17-12-9-15(2)13-18(17)23-29(27,28)20-6-4-3-5-19(20)24(25)26/h3-13,23H,1-2H3. The van der Waals surface area contributed by atoms with Gasteiger partial charge in [0.2, 0.25) is 0 Å². The van der Waals surface area contributed by atoms with Crippen molar-refractivity contribution in [1.82, 2.24) is 0 Å². The molecule has 0 amide bonds. The molecule has 29 heavy (non-hydrogen) atoms. The van der Waals surface area contributed by atoms with Crippen LogP contribution in [0.3, 0.4) is 0 Å². The minimum Gasteiger partial charge on any atom is -0.277 e. The second kappa shape index (κ2) is 8.19. The zero-order chi connectivity index (χ0) is 21.0. The topological polar surface area (TPSA) is 114 Å². The van der Waals surface area contributed by atoms with E-state index in [9.17, 15) is 18.5 Å². The van der Waals surface area contributed by atoms with E-state index in [2.05, 4.69) is 15.0 Å². The zero-order valence-electron chi connectivity index (χ0n) is 15.7. The van der Waals surface area contributed by atoms with E-state index in [4.69, 9.17) is 0 Å².